The van der Waals surface area contributed by atoms with Gasteiger partial charge in [0.2, 0.25) is 0 Å². The van der Waals surface area contributed by atoms with E-state index >= 15 is 0 Å². The maximum Gasteiger partial charge on any atom is 0.0468 e. The van der Waals surface area contributed by atoms with Crippen molar-refractivity contribution in [2.45, 2.75) is 6.42 Å². The zero-order valence-electron chi connectivity index (χ0n) is 4.15. The normalized spacial score (nSPS) is 8.86. The molecular weight excluding hydrogens is 112 g/mol. The van der Waals surface area contributed by atoms with E-state index in [0.717, 1.165) is 5.57 Å². The molecule has 0 aliphatic carbocycles. The van der Waals surface area contributed by atoms with Crippen molar-refractivity contribution < 1.29 is 5.11 Å². The molecule has 0 saturated carbocycles. The second kappa shape index (κ2) is 4.16. The molecule has 0 atom stereocenters. The summed E-state index contributed by atoms with van der Waals surface area (Å²) in [7, 11) is 0. The van der Waals surface area contributed by atoms with Gasteiger partial charge in [0.05, 0.1) is 0 Å². The van der Waals surface area contributed by atoms with Crippen LogP contribution < -0.4 is 0 Å². The summed E-state index contributed by atoms with van der Waals surface area (Å²) in [5.74, 6) is 0.459. The first-order chi connectivity index (χ1) is 3.31. The van der Waals surface area contributed by atoms with Gasteiger partial charge in [0, 0.05) is 12.5 Å². The van der Waals surface area contributed by atoms with Gasteiger partial charge in [-0.1, -0.05) is 12.2 Å². The molecule has 0 aromatic rings. The van der Waals surface area contributed by atoms with Crippen LogP contribution in [0.4, 0.5) is 0 Å². The molecule has 42 valence electrons. The molecule has 0 bridgehead atoms. The molecule has 1 nitrogen and oxygen atoms in total. The first kappa shape index (κ1) is 6.99. The van der Waals surface area contributed by atoms with Crippen molar-refractivity contribution in [1.82, 2.24) is 0 Å². The van der Waals surface area contributed by atoms with E-state index in [9.17, 15) is 0 Å². The zero-order chi connectivity index (χ0) is 5.70. The van der Waals surface area contributed by atoms with Gasteiger partial charge in [-0.05, 0) is 6.42 Å². The maximum atomic E-state index is 8.25. The molecule has 0 saturated heterocycles. The molecule has 0 aliphatic heterocycles. The zero-order valence-corrected chi connectivity index (χ0v) is 4.91. The van der Waals surface area contributed by atoms with E-state index in [4.69, 9.17) is 16.7 Å². The number of aliphatic hydroxyl groups excluding tert-OH is 1. The molecule has 0 aromatic carbocycles. The van der Waals surface area contributed by atoms with Crippen LogP contribution in [0.5, 0.6) is 0 Å². The fourth-order valence-corrected chi connectivity index (χ4v) is 0.359. The second-order valence-corrected chi connectivity index (χ2v) is 1.62. The van der Waals surface area contributed by atoms with Gasteiger partial charge in [-0.3, -0.25) is 0 Å². The average Bonchev–Trinajstić information content (AvgIpc) is 1.68. The lowest BCUT2D eigenvalue weighted by molar-refractivity contribution is 0.299. The summed E-state index contributed by atoms with van der Waals surface area (Å²) in [5, 5.41) is 8.25. The van der Waals surface area contributed by atoms with E-state index in [0.29, 0.717) is 12.3 Å². The Balaban J connectivity index is 3.00. The summed E-state index contributed by atoms with van der Waals surface area (Å²) in [6, 6.07) is 0. The molecule has 0 radical (unpaired) electrons. The minimum atomic E-state index is 0.158. The Hall–Kier alpha value is -0.0100. The summed E-state index contributed by atoms with van der Waals surface area (Å²) >= 11 is 5.32. The van der Waals surface area contributed by atoms with Gasteiger partial charge in [0.1, 0.15) is 0 Å². The van der Waals surface area contributed by atoms with Crippen LogP contribution in [0.1, 0.15) is 6.42 Å². The van der Waals surface area contributed by atoms with Crippen LogP contribution in [0.2, 0.25) is 0 Å². The third-order valence-electron chi connectivity index (χ3n) is 0.654. The quantitative estimate of drug-likeness (QED) is 0.438. The second-order valence-electron chi connectivity index (χ2n) is 1.36. The van der Waals surface area contributed by atoms with Crippen LogP contribution in [0.15, 0.2) is 12.2 Å². The predicted octanol–water partition coefficient (Wildman–Crippen LogP) is 1.16. The lowest BCUT2D eigenvalue weighted by atomic mass is 10.3. The maximum absolute atomic E-state index is 8.25. The summed E-state index contributed by atoms with van der Waals surface area (Å²) in [5.41, 5.74) is 0.893. The lowest BCUT2D eigenvalue weighted by Crippen LogP contribution is -1.86. The monoisotopic (exact) mass is 120 g/mol. The Morgan fingerprint density at radius 1 is 1.71 bits per heavy atom. The largest absolute Gasteiger partial charge is 0.396 e. The SMILES string of the molecule is C=C(CCl)CCO. The van der Waals surface area contributed by atoms with Crippen LogP contribution >= 0.6 is 11.6 Å². The van der Waals surface area contributed by atoms with Crippen molar-refractivity contribution in [2.75, 3.05) is 12.5 Å². The molecule has 0 aliphatic rings. The van der Waals surface area contributed by atoms with Crippen molar-refractivity contribution in [3.63, 3.8) is 0 Å². The Morgan fingerprint density at radius 3 is 2.43 bits per heavy atom. The highest BCUT2D eigenvalue weighted by Gasteiger charge is 1.86. The molecule has 7 heavy (non-hydrogen) atoms. The summed E-state index contributed by atoms with van der Waals surface area (Å²) < 4.78 is 0. The number of alkyl halides is 1. The van der Waals surface area contributed by atoms with Gasteiger partial charge in [0.15, 0.2) is 0 Å². The minimum Gasteiger partial charge on any atom is -0.396 e. The molecule has 2 heteroatoms. The molecule has 0 aromatic heterocycles. The highest BCUT2D eigenvalue weighted by Crippen LogP contribution is 1.97. The smallest absolute Gasteiger partial charge is 0.0468 e. The van der Waals surface area contributed by atoms with E-state index < -0.39 is 0 Å². The fourth-order valence-electron chi connectivity index (χ4n) is 0.225. The van der Waals surface area contributed by atoms with Gasteiger partial charge in [-0.25, -0.2) is 0 Å². The molecule has 0 rings (SSSR count). The van der Waals surface area contributed by atoms with Gasteiger partial charge in [0.25, 0.3) is 0 Å². The highest BCUT2D eigenvalue weighted by atomic mass is 35.5. The fraction of sp³-hybridized carbons (Fsp3) is 0.600. The third-order valence-corrected chi connectivity index (χ3v) is 1.03. The van der Waals surface area contributed by atoms with E-state index in [1.54, 1.807) is 0 Å². The van der Waals surface area contributed by atoms with Crippen molar-refractivity contribution >= 4 is 11.6 Å². The molecule has 0 amide bonds. The van der Waals surface area contributed by atoms with Crippen molar-refractivity contribution in [1.29, 1.82) is 0 Å². The minimum absolute atomic E-state index is 0.158. The van der Waals surface area contributed by atoms with Crippen molar-refractivity contribution in [3.05, 3.63) is 12.2 Å². The first-order valence-electron chi connectivity index (χ1n) is 2.14. The van der Waals surface area contributed by atoms with Gasteiger partial charge in [-0.2, -0.15) is 0 Å². The molecule has 1 N–H and O–H groups in total. The van der Waals surface area contributed by atoms with Crippen molar-refractivity contribution in [3.8, 4) is 0 Å². The number of hydrogen-bond acceptors (Lipinski definition) is 1. The van der Waals surface area contributed by atoms with Gasteiger partial charge in [-0.15, -0.1) is 11.6 Å². The molecule has 0 unspecified atom stereocenters. The van der Waals surface area contributed by atoms with Crippen LogP contribution in [-0.4, -0.2) is 17.6 Å². The lowest BCUT2D eigenvalue weighted by Gasteiger charge is -1.92. The van der Waals surface area contributed by atoms with Crippen LogP contribution in [0.3, 0.4) is 0 Å². The summed E-state index contributed by atoms with van der Waals surface area (Å²) in [6.07, 6.45) is 0.628. The topological polar surface area (TPSA) is 20.2 Å². The van der Waals surface area contributed by atoms with E-state index in [-0.39, 0.29) is 6.61 Å². The first-order valence-corrected chi connectivity index (χ1v) is 2.68. The molecule has 0 heterocycles. The number of rotatable bonds is 3. The Labute approximate surface area is 48.6 Å². The molecule has 0 fully saturated rings. The van der Waals surface area contributed by atoms with E-state index in [2.05, 4.69) is 6.58 Å². The van der Waals surface area contributed by atoms with E-state index in [1.165, 1.54) is 0 Å². The Morgan fingerprint density at radius 2 is 2.29 bits per heavy atom. The standard InChI is InChI=1S/C5H9ClO/c1-5(4-6)2-3-7/h7H,1-4H2. The highest BCUT2D eigenvalue weighted by molar-refractivity contribution is 6.19. The summed E-state index contributed by atoms with van der Waals surface area (Å²) in [6.45, 7) is 3.73. The molecular formula is C5H9ClO. The number of hydrogen-bond donors (Lipinski definition) is 1. The predicted molar refractivity (Wildman–Crippen MR) is 31.6 cm³/mol. The average molecular weight is 121 g/mol. The van der Waals surface area contributed by atoms with E-state index in [1.807, 2.05) is 0 Å². The van der Waals surface area contributed by atoms with Crippen LogP contribution in [0, 0.1) is 0 Å². The van der Waals surface area contributed by atoms with Gasteiger partial charge < -0.3 is 5.11 Å². The van der Waals surface area contributed by atoms with Crippen LogP contribution in [0.25, 0.3) is 0 Å². The Bertz CT molecular complexity index is 61.1. The van der Waals surface area contributed by atoms with Gasteiger partial charge >= 0.3 is 0 Å². The summed E-state index contributed by atoms with van der Waals surface area (Å²) in [4.78, 5) is 0. The Kier molecular flexibility index (Phi) is 4.15. The third kappa shape index (κ3) is 3.83. The number of aliphatic hydroxyl groups is 1. The van der Waals surface area contributed by atoms with Crippen LogP contribution in [-0.2, 0) is 0 Å². The van der Waals surface area contributed by atoms with Crippen molar-refractivity contribution in [2.24, 2.45) is 0 Å². The molecule has 0 spiro atoms. The number of halogens is 1.